The van der Waals surface area contributed by atoms with Gasteiger partial charge in [0, 0.05) is 19.9 Å². The standard InChI is InChI=1S/C11H24O3Si/c1-3-6-15(10-12-2)7-4-5-13-8-11-9-14-11/h11,15H,3-10H2,1-2H3. The lowest BCUT2D eigenvalue weighted by molar-refractivity contribution is 0.117. The molecular formula is C11H24O3Si. The molecule has 0 radical (unpaired) electrons. The summed E-state index contributed by atoms with van der Waals surface area (Å²) in [7, 11) is 1.20. The van der Waals surface area contributed by atoms with Crippen LogP contribution in [0.3, 0.4) is 0 Å². The highest BCUT2D eigenvalue weighted by Gasteiger charge is 2.22. The first-order chi connectivity index (χ1) is 7.36. The maximum atomic E-state index is 5.52. The Kier molecular flexibility index (Phi) is 7.26. The summed E-state index contributed by atoms with van der Waals surface area (Å²) in [5.41, 5.74) is 0. The summed E-state index contributed by atoms with van der Waals surface area (Å²) >= 11 is 0. The molecule has 3 nitrogen and oxygen atoms in total. The molecule has 1 fully saturated rings. The van der Waals surface area contributed by atoms with Crippen LogP contribution in [0.4, 0.5) is 0 Å². The first-order valence-corrected chi connectivity index (χ1v) is 8.50. The monoisotopic (exact) mass is 232 g/mol. The van der Waals surface area contributed by atoms with E-state index in [4.69, 9.17) is 14.2 Å². The van der Waals surface area contributed by atoms with Crippen molar-refractivity contribution in [1.29, 1.82) is 0 Å². The first kappa shape index (κ1) is 13.2. The third-order valence-corrected chi connectivity index (χ3v) is 6.13. The van der Waals surface area contributed by atoms with E-state index in [1.807, 2.05) is 7.11 Å². The quantitative estimate of drug-likeness (QED) is 0.326. The van der Waals surface area contributed by atoms with Crippen LogP contribution in [0.1, 0.15) is 19.8 Å². The second-order valence-electron chi connectivity index (χ2n) is 4.28. The molecule has 0 aromatic rings. The van der Waals surface area contributed by atoms with Crippen LogP contribution in [0.2, 0.25) is 12.1 Å². The van der Waals surface area contributed by atoms with Gasteiger partial charge in [0.15, 0.2) is 0 Å². The molecule has 0 N–H and O–H groups in total. The zero-order valence-electron chi connectivity index (χ0n) is 10.0. The molecule has 2 atom stereocenters. The minimum Gasteiger partial charge on any atom is -0.388 e. The molecule has 4 heteroatoms. The Labute approximate surface area is 94.7 Å². The van der Waals surface area contributed by atoms with Crippen LogP contribution < -0.4 is 0 Å². The van der Waals surface area contributed by atoms with Crippen molar-refractivity contribution in [2.45, 2.75) is 38.0 Å². The lowest BCUT2D eigenvalue weighted by Crippen LogP contribution is -2.20. The van der Waals surface area contributed by atoms with Gasteiger partial charge in [0.2, 0.25) is 0 Å². The molecule has 90 valence electrons. The third kappa shape index (κ3) is 7.06. The summed E-state index contributed by atoms with van der Waals surface area (Å²) in [6.45, 7) is 4.86. The number of epoxide rings is 1. The molecule has 15 heavy (non-hydrogen) atoms. The van der Waals surface area contributed by atoms with E-state index in [1.165, 1.54) is 24.9 Å². The van der Waals surface area contributed by atoms with E-state index < -0.39 is 8.80 Å². The summed E-state index contributed by atoms with van der Waals surface area (Å²) in [4.78, 5) is 0. The molecule has 2 unspecified atom stereocenters. The van der Waals surface area contributed by atoms with Gasteiger partial charge >= 0.3 is 0 Å². The van der Waals surface area contributed by atoms with E-state index in [9.17, 15) is 0 Å². The molecule has 0 aliphatic carbocycles. The zero-order chi connectivity index (χ0) is 10.9. The highest BCUT2D eigenvalue weighted by Crippen LogP contribution is 2.10. The zero-order valence-corrected chi connectivity index (χ0v) is 11.2. The van der Waals surface area contributed by atoms with Gasteiger partial charge in [-0.3, -0.25) is 0 Å². The van der Waals surface area contributed by atoms with Crippen LogP contribution in [0.15, 0.2) is 0 Å². The summed E-state index contributed by atoms with van der Waals surface area (Å²) in [5.74, 6) is 0. The molecule has 1 rings (SSSR count). The summed E-state index contributed by atoms with van der Waals surface area (Å²) in [5, 5.41) is 0. The fraction of sp³-hybridized carbons (Fsp3) is 1.00. The van der Waals surface area contributed by atoms with Crippen LogP contribution in [-0.4, -0.2) is 48.1 Å². The van der Waals surface area contributed by atoms with E-state index in [-0.39, 0.29) is 0 Å². The van der Waals surface area contributed by atoms with Crippen molar-refractivity contribution in [3.8, 4) is 0 Å². The van der Waals surface area contributed by atoms with E-state index in [2.05, 4.69) is 6.92 Å². The average molecular weight is 232 g/mol. The molecule has 0 saturated carbocycles. The Hall–Kier alpha value is 0.0969. The molecular weight excluding hydrogens is 208 g/mol. The largest absolute Gasteiger partial charge is 0.388 e. The van der Waals surface area contributed by atoms with Crippen LogP contribution >= 0.6 is 0 Å². The van der Waals surface area contributed by atoms with Gasteiger partial charge in [0.05, 0.1) is 22.0 Å². The van der Waals surface area contributed by atoms with Gasteiger partial charge in [-0.25, -0.2) is 0 Å². The molecule has 1 aliphatic rings. The van der Waals surface area contributed by atoms with Crippen molar-refractivity contribution >= 4 is 8.80 Å². The van der Waals surface area contributed by atoms with Gasteiger partial charge in [-0.15, -0.1) is 0 Å². The molecule has 0 aromatic carbocycles. The van der Waals surface area contributed by atoms with Gasteiger partial charge in [-0.2, -0.15) is 0 Å². The minimum atomic E-state index is -0.619. The lowest BCUT2D eigenvalue weighted by atomic mass is 10.5. The highest BCUT2D eigenvalue weighted by molar-refractivity contribution is 6.58. The van der Waals surface area contributed by atoms with Crippen LogP contribution in [0.5, 0.6) is 0 Å². The van der Waals surface area contributed by atoms with Crippen molar-refractivity contribution in [2.24, 2.45) is 0 Å². The SMILES string of the molecule is CCC[SiH](CCCOCC1CO1)COC. The Bertz CT molecular complexity index is 145. The lowest BCUT2D eigenvalue weighted by Gasteiger charge is -2.12. The number of hydrogen-bond donors (Lipinski definition) is 0. The molecule has 1 saturated heterocycles. The van der Waals surface area contributed by atoms with E-state index in [1.54, 1.807) is 0 Å². The van der Waals surface area contributed by atoms with Crippen molar-refractivity contribution in [1.82, 2.24) is 0 Å². The molecule has 0 amide bonds. The van der Waals surface area contributed by atoms with Gasteiger partial charge in [0.1, 0.15) is 6.10 Å². The number of methoxy groups -OCH3 is 1. The highest BCUT2D eigenvalue weighted by atomic mass is 28.3. The van der Waals surface area contributed by atoms with E-state index >= 15 is 0 Å². The number of hydrogen-bond acceptors (Lipinski definition) is 3. The normalized spacial score (nSPS) is 21.6. The maximum Gasteiger partial charge on any atom is 0.104 e. The van der Waals surface area contributed by atoms with Crippen molar-refractivity contribution < 1.29 is 14.2 Å². The fourth-order valence-corrected chi connectivity index (χ4v) is 4.46. The van der Waals surface area contributed by atoms with Crippen molar-refractivity contribution in [3.05, 3.63) is 0 Å². The van der Waals surface area contributed by atoms with E-state index in [0.717, 1.165) is 26.1 Å². The Balaban J connectivity index is 1.89. The van der Waals surface area contributed by atoms with Gasteiger partial charge < -0.3 is 14.2 Å². The molecule has 1 aliphatic heterocycles. The van der Waals surface area contributed by atoms with Crippen LogP contribution in [0, 0.1) is 0 Å². The summed E-state index contributed by atoms with van der Waals surface area (Å²) in [6.07, 6.45) is 3.94. The molecule has 0 bridgehead atoms. The topological polar surface area (TPSA) is 31.0 Å². The van der Waals surface area contributed by atoms with Crippen LogP contribution in [0.25, 0.3) is 0 Å². The van der Waals surface area contributed by atoms with Gasteiger partial charge in [0.25, 0.3) is 0 Å². The third-order valence-electron chi connectivity index (χ3n) is 2.71. The minimum absolute atomic E-state index is 0.410. The maximum absolute atomic E-state index is 5.52. The van der Waals surface area contributed by atoms with Gasteiger partial charge in [-0.05, 0) is 6.42 Å². The predicted octanol–water partition coefficient (Wildman–Crippen LogP) is 1.61. The number of rotatable bonds is 10. The van der Waals surface area contributed by atoms with Crippen molar-refractivity contribution in [2.75, 3.05) is 33.2 Å². The van der Waals surface area contributed by atoms with Crippen molar-refractivity contribution in [3.63, 3.8) is 0 Å². The predicted molar refractivity (Wildman–Crippen MR) is 64.1 cm³/mol. The molecule has 1 heterocycles. The van der Waals surface area contributed by atoms with Gasteiger partial charge in [-0.1, -0.05) is 25.4 Å². The second-order valence-corrected chi connectivity index (χ2v) is 7.50. The molecule has 0 spiro atoms. The Morgan fingerprint density at radius 3 is 2.80 bits per heavy atom. The Morgan fingerprint density at radius 1 is 1.40 bits per heavy atom. The number of ether oxygens (including phenoxy) is 3. The fourth-order valence-electron chi connectivity index (χ4n) is 1.81. The van der Waals surface area contributed by atoms with Crippen LogP contribution in [-0.2, 0) is 14.2 Å². The second kappa shape index (κ2) is 8.27. The summed E-state index contributed by atoms with van der Waals surface area (Å²) in [6, 6.07) is 2.76. The summed E-state index contributed by atoms with van der Waals surface area (Å²) < 4.78 is 15.9. The smallest absolute Gasteiger partial charge is 0.104 e. The Morgan fingerprint density at radius 2 is 2.20 bits per heavy atom. The first-order valence-electron chi connectivity index (χ1n) is 6.05. The average Bonchev–Trinajstić information content (AvgIpc) is 3.02. The molecule has 0 aromatic heterocycles. The van der Waals surface area contributed by atoms with E-state index in [0.29, 0.717) is 6.10 Å².